The normalized spacial score (nSPS) is 17.3. The summed E-state index contributed by atoms with van der Waals surface area (Å²) in [4.78, 5) is 27.9. The van der Waals surface area contributed by atoms with Crippen molar-refractivity contribution in [2.24, 2.45) is 0 Å². The van der Waals surface area contributed by atoms with Crippen molar-refractivity contribution in [2.45, 2.75) is 13.0 Å². The molecule has 1 atom stereocenters. The lowest BCUT2D eigenvalue weighted by Gasteiger charge is -2.27. The summed E-state index contributed by atoms with van der Waals surface area (Å²) in [5.41, 5.74) is 2.16. The second kappa shape index (κ2) is 9.00. The number of amides is 1. The molecule has 1 aliphatic rings. The molecule has 0 aliphatic carbocycles. The molecule has 0 aromatic heterocycles. The number of aliphatic hydroxyl groups excluding tert-OH is 1. The van der Waals surface area contributed by atoms with Crippen LogP contribution in [0.4, 0.5) is 5.69 Å². The molecule has 3 aromatic carbocycles. The molecule has 1 amide bonds. The molecule has 6 nitrogen and oxygen atoms in total. The van der Waals surface area contributed by atoms with Crippen LogP contribution < -0.4 is 14.4 Å². The van der Waals surface area contributed by atoms with Crippen molar-refractivity contribution < 1.29 is 24.2 Å². The van der Waals surface area contributed by atoms with Gasteiger partial charge >= 0.3 is 0 Å². The number of nitrogens with zero attached hydrogens (tertiary/aromatic N) is 1. The minimum absolute atomic E-state index is 0.0159. The molecule has 1 fully saturated rings. The quantitative estimate of drug-likeness (QED) is 0.316. The van der Waals surface area contributed by atoms with Gasteiger partial charge in [-0.25, -0.2) is 0 Å². The van der Waals surface area contributed by atoms with Crippen molar-refractivity contribution >= 4 is 34.7 Å². The van der Waals surface area contributed by atoms with Crippen LogP contribution in [0.2, 0.25) is 5.02 Å². The number of aliphatic hydroxyl groups is 1. The molecule has 0 bridgehead atoms. The van der Waals surface area contributed by atoms with E-state index in [-0.39, 0.29) is 11.3 Å². The summed E-state index contributed by atoms with van der Waals surface area (Å²) in [7, 11) is 2.98. The Morgan fingerprint density at radius 3 is 2.30 bits per heavy atom. The van der Waals surface area contributed by atoms with E-state index in [1.165, 1.54) is 19.1 Å². The van der Waals surface area contributed by atoms with Crippen LogP contribution in [0.15, 0.2) is 72.3 Å². The predicted octanol–water partition coefficient (Wildman–Crippen LogP) is 5.29. The second-order valence-corrected chi connectivity index (χ2v) is 7.94. The molecule has 168 valence electrons. The molecule has 0 radical (unpaired) electrons. The molecule has 4 rings (SSSR count). The molecule has 1 heterocycles. The molecule has 33 heavy (non-hydrogen) atoms. The highest BCUT2D eigenvalue weighted by Crippen LogP contribution is 2.44. The molecular formula is C26H22ClNO5. The summed E-state index contributed by atoms with van der Waals surface area (Å²) >= 11 is 6.32. The molecule has 1 aliphatic heterocycles. The monoisotopic (exact) mass is 463 g/mol. The van der Waals surface area contributed by atoms with Crippen LogP contribution in [-0.4, -0.2) is 31.0 Å². The maximum atomic E-state index is 13.3. The SMILES string of the molecule is COc1ccc(/C(O)=C2\C(=O)C(=O)N(c3cccc(Cl)c3C)C2c2ccccc2)cc1OC. The summed E-state index contributed by atoms with van der Waals surface area (Å²) in [6.45, 7) is 1.79. The van der Waals surface area contributed by atoms with Gasteiger partial charge in [-0.1, -0.05) is 48.0 Å². The number of Topliss-reactive ketones (excluding diaryl/α,β-unsaturated/α-hetero) is 1. The van der Waals surface area contributed by atoms with E-state index in [2.05, 4.69) is 0 Å². The van der Waals surface area contributed by atoms with E-state index in [0.717, 1.165) is 0 Å². The third-order valence-corrected chi connectivity index (χ3v) is 6.12. The first-order chi connectivity index (χ1) is 15.9. The molecule has 0 spiro atoms. The highest BCUT2D eigenvalue weighted by atomic mass is 35.5. The first-order valence-electron chi connectivity index (χ1n) is 10.2. The first-order valence-corrected chi connectivity index (χ1v) is 10.6. The van der Waals surface area contributed by atoms with E-state index >= 15 is 0 Å². The lowest BCUT2D eigenvalue weighted by atomic mass is 9.95. The van der Waals surface area contributed by atoms with Gasteiger partial charge in [0.1, 0.15) is 5.76 Å². The Morgan fingerprint density at radius 1 is 0.939 bits per heavy atom. The lowest BCUT2D eigenvalue weighted by molar-refractivity contribution is -0.132. The maximum absolute atomic E-state index is 13.3. The van der Waals surface area contributed by atoms with Crippen LogP contribution in [-0.2, 0) is 9.59 Å². The van der Waals surface area contributed by atoms with Gasteiger partial charge in [-0.15, -0.1) is 0 Å². The average Bonchev–Trinajstić information content (AvgIpc) is 3.10. The molecular weight excluding hydrogens is 442 g/mol. The standard InChI is InChI=1S/C26H22ClNO5/c1-15-18(27)10-7-11-19(15)28-23(16-8-5-4-6-9-16)22(25(30)26(28)31)24(29)17-12-13-20(32-2)21(14-17)33-3/h4-14,23,29H,1-3H3/b24-22+. The van der Waals surface area contributed by atoms with Crippen molar-refractivity contribution in [3.63, 3.8) is 0 Å². The van der Waals surface area contributed by atoms with Gasteiger partial charge in [-0.2, -0.15) is 0 Å². The van der Waals surface area contributed by atoms with E-state index < -0.39 is 17.7 Å². The van der Waals surface area contributed by atoms with Crippen LogP contribution in [0, 0.1) is 6.92 Å². The van der Waals surface area contributed by atoms with Gasteiger partial charge in [0.15, 0.2) is 11.5 Å². The second-order valence-electron chi connectivity index (χ2n) is 7.53. The van der Waals surface area contributed by atoms with Crippen molar-refractivity contribution in [1.29, 1.82) is 0 Å². The Morgan fingerprint density at radius 2 is 1.64 bits per heavy atom. The van der Waals surface area contributed by atoms with Gasteiger partial charge in [-0.3, -0.25) is 14.5 Å². The summed E-state index contributed by atoms with van der Waals surface area (Å²) in [5.74, 6) is -0.960. The van der Waals surface area contributed by atoms with Crippen LogP contribution in [0.25, 0.3) is 5.76 Å². The molecule has 1 N–H and O–H groups in total. The van der Waals surface area contributed by atoms with Crippen molar-refractivity contribution in [1.82, 2.24) is 0 Å². The van der Waals surface area contributed by atoms with Crippen LogP contribution >= 0.6 is 11.6 Å². The fourth-order valence-electron chi connectivity index (χ4n) is 4.03. The fourth-order valence-corrected chi connectivity index (χ4v) is 4.20. The van der Waals surface area contributed by atoms with E-state index in [1.54, 1.807) is 43.3 Å². The number of methoxy groups -OCH3 is 2. The Labute approximate surface area is 196 Å². The summed E-state index contributed by atoms with van der Waals surface area (Å²) in [6.07, 6.45) is 0. The number of rotatable bonds is 5. The molecule has 1 unspecified atom stereocenters. The number of ether oxygens (including phenoxy) is 2. The Hall–Kier alpha value is -3.77. The number of hydrogen-bond acceptors (Lipinski definition) is 5. The fraction of sp³-hybridized carbons (Fsp3) is 0.154. The predicted molar refractivity (Wildman–Crippen MR) is 127 cm³/mol. The topological polar surface area (TPSA) is 76.1 Å². The molecule has 1 saturated heterocycles. The Balaban J connectivity index is 1.96. The minimum atomic E-state index is -0.837. The van der Waals surface area contributed by atoms with Gasteiger partial charge < -0.3 is 14.6 Å². The number of benzene rings is 3. The largest absolute Gasteiger partial charge is 0.507 e. The van der Waals surface area contributed by atoms with Crippen LogP contribution in [0.3, 0.4) is 0 Å². The van der Waals surface area contributed by atoms with Gasteiger partial charge in [0, 0.05) is 16.3 Å². The number of halogens is 1. The van der Waals surface area contributed by atoms with Crippen molar-refractivity contribution in [2.75, 3.05) is 19.1 Å². The van der Waals surface area contributed by atoms with E-state index in [0.29, 0.717) is 38.9 Å². The van der Waals surface area contributed by atoms with Gasteiger partial charge in [0.2, 0.25) is 0 Å². The van der Waals surface area contributed by atoms with Gasteiger partial charge in [-0.05, 0) is 48.4 Å². The van der Waals surface area contributed by atoms with Gasteiger partial charge in [0.05, 0.1) is 25.8 Å². The zero-order valence-corrected chi connectivity index (χ0v) is 19.1. The zero-order chi connectivity index (χ0) is 23.7. The van der Waals surface area contributed by atoms with Crippen molar-refractivity contribution in [3.8, 4) is 11.5 Å². The third kappa shape index (κ3) is 3.83. The summed E-state index contributed by atoms with van der Waals surface area (Å²) in [6, 6.07) is 18.2. The summed E-state index contributed by atoms with van der Waals surface area (Å²) in [5, 5.41) is 11.7. The van der Waals surface area contributed by atoms with E-state index in [1.807, 2.05) is 30.3 Å². The number of anilines is 1. The molecule has 7 heteroatoms. The van der Waals surface area contributed by atoms with Gasteiger partial charge in [0.25, 0.3) is 11.7 Å². The third-order valence-electron chi connectivity index (χ3n) is 5.72. The zero-order valence-electron chi connectivity index (χ0n) is 18.3. The average molecular weight is 464 g/mol. The highest BCUT2D eigenvalue weighted by molar-refractivity contribution is 6.52. The molecule has 3 aromatic rings. The lowest BCUT2D eigenvalue weighted by Crippen LogP contribution is -2.30. The number of ketones is 1. The first kappa shape index (κ1) is 22.4. The smallest absolute Gasteiger partial charge is 0.300 e. The number of hydrogen-bond donors (Lipinski definition) is 1. The maximum Gasteiger partial charge on any atom is 0.300 e. The van der Waals surface area contributed by atoms with E-state index in [9.17, 15) is 14.7 Å². The number of carbonyl (C=O) groups is 2. The number of carbonyl (C=O) groups excluding carboxylic acids is 2. The molecule has 0 saturated carbocycles. The van der Waals surface area contributed by atoms with Crippen molar-refractivity contribution in [3.05, 3.63) is 94.0 Å². The minimum Gasteiger partial charge on any atom is -0.507 e. The van der Waals surface area contributed by atoms with Crippen LogP contribution in [0.1, 0.15) is 22.7 Å². The van der Waals surface area contributed by atoms with Crippen LogP contribution in [0.5, 0.6) is 11.5 Å². The van der Waals surface area contributed by atoms with E-state index in [4.69, 9.17) is 21.1 Å². The Kier molecular flexibility index (Phi) is 6.11. The highest BCUT2D eigenvalue weighted by Gasteiger charge is 2.47. The Bertz CT molecular complexity index is 1270. The summed E-state index contributed by atoms with van der Waals surface area (Å²) < 4.78 is 10.6.